The number of carbonyl (C=O) groups excluding carboxylic acids is 1. The second kappa shape index (κ2) is 6.51. The van der Waals surface area contributed by atoms with E-state index in [1.807, 2.05) is 36.4 Å². The van der Waals surface area contributed by atoms with Crippen molar-refractivity contribution in [3.05, 3.63) is 48.7 Å². The van der Waals surface area contributed by atoms with E-state index in [2.05, 4.69) is 15.4 Å². The standard InChI is InChI=1S/C20H18N4O3/c25-15-7-13(9-21-10-15)12-26-20-6-5-19-22-11-16(24(19)23-20)18-8-14-3-1-2-4-17(14)27-18/h1-6,8,11,13,21H,7,9-10,12H2/t13-/m1/s1. The first kappa shape index (κ1) is 16.0. The summed E-state index contributed by atoms with van der Waals surface area (Å²) in [5, 5.41) is 8.70. The lowest BCUT2D eigenvalue weighted by Crippen LogP contribution is -2.38. The van der Waals surface area contributed by atoms with Gasteiger partial charge in [0.15, 0.2) is 11.4 Å². The maximum absolute atomic E-state index is 11.5. The second-order valence-electron chi connectivity index (χ2n) is 6.78. The lowest BCUT2D eigenvalue weighted by atomic mass is 10.00. The van der Waals surface area contributed by atoms with Gasteiger partial charge < -0.3 is 14.5 Å². The van der Waals surface area contributed by atoms with E-state index in [9.17, 15) is 4.79 Å². The molecule has 1 aromatic carbocycles. The number of para-hydroxylation sites is 1. The lowest BCUT2D eigenvalue weighted by Gasteiger charge is -2.21. The van der Waals surface area contributed by atoms with Crippen LogP contribution in [-0.4, -0.2) is 40.1 Å². The number of ether oxygens (including phenoxy) is 1. The number of carbonyl (C=O) groups is 1. The van der Waals surface area contributed by atoms with Crippen molar-refractivity contribution in [2.24, 2.45) is 5.92 Å². The Hall–Kier alpha value is -3.19. The fourth-order valence-corrected chi connectivity index (χ4v) is 3.41. The zero-order valence-electron chi connectivity index (χ0n) is 14.6. The van der Waals surface area contributed by atoms with Crippen LogP contribution in [0.15, 0.2) is 53.1 Å². The van der Waals surface area contributed by atoms with E-state index < -0.39 is 0 Å². The summed E-state index contributed by atoms with van der Waals surface area (Å²) >= 11 is 0. The van der Waals surface area contributed by atoms with E-state index in [0.717, 1.165) is 23.2 Å². The molecule has 0 bridgehead atoms. The molecule has 0 spiro atoms. The largest absolute Gasteiger partial charge is 0.476 e. The normalized spacial score (nSPS) is 17.6. The van der Waals surface area contributed by atoms with E-state index in [-0.39, 0.29) is 11.7 Å². The molecule has 1 N–H and O–H groups in total. The maximum Gasteiger partial charge on any atom is 0.231 e. The Morgan fingerprint density at radius 3 is 3.07 bits per heavy atom. The molecular weight excluding hydrogens is 344 g/mol. The minimum atomic E-state index is 0.168. The van der Waals surface area contributed by atoms with Gasteiger partial charge >= 0.3 is 0 Å². The Morgan fingerprint density at radius 1 is 1.26 bits per heavy atom. The SMILES string of the molecule is O=C1CNC[C@H](COc2ccc3ncc(-c4cc5ccccc5o4)n3n2)C1. The number of furan rings is 1. The number of hydrogen-bond donors (Lipinski definition) is 1. The lowest BCUT2D eigenvalue weighted by molar-refractivity contribution is -0.120. The van der Waals surface area contributed by atoms with Gasteiger partial charge in [-0.2, -0.15) is 0 Å². The molecular formula is C20H18N4O3. The summed E-state index contributed by atoms with van der Waals surface area (Å²) in [6.45, 7) is 1.69. The average molecular weight is 362 g/mol. The van der Waals surface area contributed by atoms with Gasteiger partial charge in [-0.15, -0.1) is 5.10 Å². The van der Waals surface area contributed by atoms with Gasteiger partial charge in [-0.05, 0) is 18.2 Å². The van der Waals surface area contributed by atoms with Crippen molar-refractivity contribution in [1.82, 2.24) is 19.9 Å². The summed E-state index contributed by atoms with van der Waals surface area (Å²) in [6, 6.07) is 13.5. The first-order valence-corrected chi connectivity index (χ1v) is 8.95. The van der Waals surface area contributed by atoms with E-state index in [4.69, 9.17) is 9.15 Å². The number of ketones is 1. The highest BCUT2D eigenvalue weighted by Crippen LogP contribution is 2.28. The molecule has 1 aliphatic heterocycles. The minimum Gasteiger partial charge on any atom is -0.476 e. The third-order valence-corrected chi connectivity index (χ3v) is 4.75. The minimum absolute atomic E-state index is 0.168. The molecule has 0 amide bonds. The molecule has 4 heterocycles. The van der Waals surface area contributed by atoms with Gasteiger partial charge in [-0.1, -0.05) is 18.2 Å². The monoisotopic (exact) mass is 362 g/mol. The van der Waals surface area contributed by atoms with Gasteiger partial charge in [0.1, 0.15) is 17.1 Å². The molecule has 0 aliphatic carbocycles. The summed E-state index contributed by atoms with van der Waals surface area (Å²) in [5.41, 5.74) is 2.30. The highest BCUT2D eigenvalue weighted by atomic mass is 16.5. The molecule has 3 aromatic heterocycles. The third kappa shape index (κ3) is 3.06. The summed E-state index contributed by atoms with van der Waals surface area (Å²) in [5.74, 6) is 1.59. The molecule has 0 radical (unpaired) electrons. The summed E-state index contributed by atoms with van der Waals surface area (Å²) in [7, 11) is 0. The molecule has 1 atom stereocenters. The van der Waals surface area contributed by atoms with Crippen molar-refractivity contribution >= 4 is 22.4 Å². The van der Waals surface area contributed by atoms with Gasteiger partial charge in [0.05, 0.1) is 19.3 Å². The second-order valence-corrected chi connectivity index (χ2v) is 6.78. The van der Waals surface area contributed by atoms with Gasteiger partial charge in [0, 0.05) is 30.3 Å². The summed E-state index contributed by atoms with van der Waals surface area (Å²) in [4.78, 5) is 15.9. The molecule has 5 rings (SSSR count). The van der Waals surface area contributed by atoms with Crippen LogP contribution in [0.1, 0.15) is 6.42 Å². The van der Waals surface area contributed by atoms with Gasteiger partial charge in [-0.3, -0.25) is 4.79 Å². The van der Waals surface area contributed by atoms with Gasteiger partial charge in [0.25, 0.3) is 0 Å². The number of nitrogens with zero attached hydrogens (tertiary/aromatic N) is 3. The first-order chi connectivity index (χ1) is 13.3. The summed E-state index contributed by atoms with van der Waals surface area (Å²) in [6.07, 6.45) is 2.29. The fourth-order valence-electron chi connectivity index (χ4n) is 3.41. The van der Waals surface area contributed by atoms with Gasteiger partial charge in [-0.25, -0.2) is 9.50 Å². The van der Waals surface area contributed by atoms with Crippen molar-refractivity contribution in [3.8, 4) is 17.3 Å². The summed E-state index contributed by atoms with van der Waals surface area (Å²) < 4.78 is 13.5. The van der Waals surface area contributed by atoms with Crippen LogP contribution in [0.5, 0.6) is 5.88 Å². The number of benzene rings is 1. The molecule has 27 heavy (non-hydrogen) atoms. The number of aromatic nitrogens is 3. The number of Topliss-reactive ketones (excluding diaryl/α,β-unsaturated/α-hetero) is 1. The molecule has 0 unspecified atom stereocenters. The highest BCUT2D eigenvalue weighted by Gasteiger charge is 2.20. The van der Waals surface area contributed by atoms with Crippen LogP contribution in [-0.2, 0) is 4.79 Å². The fraction of sp³-hybridized carbons (Fsp3) is 0.250. The van der Waals surface area contributed by atoms with Gasteiger partial charge in [0.2, 0.25) is 5.88 Å². The number of rotatable bonds is 4. The number of piperidine rings is 1. The topological polar surface area (TPSA) is 81.7 Å². The smallest absolute Gasteiger partial charge is 0.231 e. The van der Waals surface area contributed by atoms with Crippen molar-refractivity contribution < 1.29 is 13.9 Å². The van der Waals surface area contributed by atoms with Crippen LogP contribution in [0.3, 0.4) is 0 Å². The quantitative estimate of drug-likeness (QED) is 0.601. The van der Waals surface area contributed by atoms with E-state index >= 15 is 0 Å². The van der Waals surface area contributed by atoms with Crippen LogP contribution in [0.2, 0.25) is 0 Å². The predicted octanol–water partition coefficient (Wildman–Crippen LogP) is 2.70. The number of fused-ring (bicyclic) bond motifs is 2. The van der Waals surface area contributed by atoms with Crippen LogP contribution >= 0.6 is 0 Å². The first-order valence-electron chi connectivity index (χ1n) is 8.95. The van der Waals surface area contributed by atoms with Crippen molar-refractivity contribution in [2.45, 2.75) is 6.42 Å². The molecule has 7 heteroatoms. The Bertz CT molecular complexity index is 1100. The maximum atomic E-state index is 11.5. The van der Waals surface area contributed by atoms with Crippen molar-refractivity contribution in [1.29, 1.82) is 0 Å². The highest BCUT2D eigenvalue weighted by molar-refractivity contribution is 5.82. The van der Waals surface area contributed by atoms with Crippen molar-refractivity contribution in [3.63, 3.8) is 0 Å². The zero-order chi connectivity index (χ0) is 18.2. The Kier molecular flexibility index (Phi) is 3.86. The van der Waals surface area contributed by atoms with Crippen LogP contribution < -0.4 is 10.1 Å². The number of hydrogen-bond acceptors (Lipinski definition) is 6. The van der Waals surface area contributed by atoms with Crippen LogP contribution in [0.25, 0.3) is 28.1 Å². The van der Waals surface area contributed by atoms with Crippen molar-refractivity contribution in [2.75, 3.05) is 19.7 Å². The molecule has 136 valence electrons. The van der Waals surface area contributed by atoms with Crippen LogP contribution in [0, 0.1) is 5.92 Å². The zero-order valence-corrected chi connectivity index (χ0v) is 14.6. The Morgan fingerprint density at radius 2 is 2.19 bits per heavy atom. The van der Waals surface area contributed by atoms with E-state index in [0.29, 0.717) is 36.9 Å². The molecule has 1 saturated heterocycles. The number of imidazole rings is 1. The Labute approximate surface area is 154 Å². The molecule has 1 fully saturated rings. The molecule has 7 nitrogen and oxygen atoms in total. The molecule has 4 aromatic rings. The molecule has 0 saturated carbocycles. The van der Waals surface area contributed by atoms with Crippen LogP contribution in [0.4, 0.5) is 0 Å². The third-order valence-electron chi connectivity index (χ3n) is 4.75. The molecule has 1 aliphatic rings. The van der Waals surface area contributed by atoms with E-state index in [1.54, 1.807) is 16.8 Å². The number of nitrogens with one attached hydrogen (secondary N) is 1. The van der Waals surface area contributed by atoms with E-state index in [1.165, 1.54) is 0 Å². The average Bonchev–Trinajstić information content (AvgIpc) is 3.29. The Balaban J connectivity index is 1.43. The predicted molar refractivity (Wildman–Crippen MR) is 99.7 cm³/mol.